The molecule has 20 heavy (non-hydrogen) atoms. The first kappa shape index (κ1) is 15.4. The molecule has 0 saturated heterocycles. The van der Waals surface area contributed by atoms with E-state index in [1.165, 1.54) is 0 Å². The first-order chi connectivity index (χ1) is 9.56. The highest BCUT2D eigenvalue weighted by atomic mass is 35.5. The predicted molar refractivity (Wildman–Crippen MR) is 86.1 cm³/mol. The van der Waals surface area contributed by atoms with Crippen molar-refractivity contribution in [1.82, 2.24) is 9.97 Å². The molecule has 0 fully saturated rings. The minimum Gasteiger partial charge on any atom is -0.341 e. The van der Waals surface area contributed by atoms with Gasteiger partial charge in [0.2, 0.25) is 5.95 Å². The van der Waals surface area contributed by atoms with Gasteiger partial charge in [-0.25, -0.2) is 9.97 Å². The number of aromatic nitrogens is 2. The lowest BCUT2D eigenvalue weighted by molar-refractivity contribution is 0.822. The Bertz CT molecular complexity index is 589. The molecule has 0 saturated carbocycles. The average Bonchev–Trinajstić information content (AvgIpc) is 2.39. The van der Waals surface area contributed by atoms with E-state index in [2.05, 4.69) is 9.97 Å². The summed E-state index contributed by atoms with van der Waals surface area (Å²) in [6.45, 7) is 5.64. The first-order valence-corrected chi connectivity index (χ1v) is 7.44. The molecule has 0 spiro atoms. The molecule has 0 amide bonds. The zero-order valence-electron chi connectivity index (χ0n) is 11.2. The highest BCUT2D eigenvalue weighted by molar-refractivity contribution is 6.38. The Balaban J connectivity index is 2.51. The quantitative estimate of drug-likeness (QED) is 0.743. The van der Waals surface area contributed by atoms with Crippen LogP contribution < -0.4 is 4.90 Å². The number of anilines is 1. The molecule has 106 valence electrons. The van der Waals surface area contributed by atoms with Gasteiger partial charge in [-0.3, -0.25) is 0 Å². The van der Waals surface area contributed by atoms with Crippen LogP contribution in [0.3, 0.4) is 0 Å². The second kappa shape index (κ2) is 6.61. The van der Waals surface area contributed by atoms with Crippen molar-refractivity contribution in [3.63, 3.8) is 0 Å². The first-order valence-electron chi connectivity index (χ1n) is 6.30. The molecule has 3 nitrogen and oxygen atoms in total. The number of benzene rings is 1. The van der Waals surface area contributed by atoms with Crippen molar-refractivity contribution >= 4 is 40.8 Å². The van der Waals surface area contributed by atoms with Gasteiger partial charge in [0.15, 0.2) is 0 Å². The third-order valence-electron chi connectivity index (χ3n) is 2.97. The van der Waals surface area contributed by atoms with E-state index in [0.29, 0.717) is 26.8 Å². The van der Waals surface area contributed by atoms with Gasteiger partial charge in [-0.2, -0.15) is 0 Å². The Morgan fingerprint density at radius 1 is 1.00 bits per heavy atom. The summed E-state index contributed by atoms with van der Waals surface area (Å²) in [5, 5.41) is 1.27. The van der Waals surface area contributed by atoms with E-state index in [1.807, 2.05) is 30.9 Å². The minimum absolute atomic E-state index is 0.328. The molecule has 2 rings (SSSR count). The molecular formula is C14H14Cl3N3. The predicted octanol–water partition coefficient (Wildman–Crippen LogP) is 4.95. The van der Waals surface area contributed by atoms with E-state index in [1.54, 1.807) is 12.1 Å². The van der Waals surface area contributed by atoms with Crippen molar-refractivity contribution in [2.75, 3.05) is 18.0 Å². The Morgan fingerprint density at radius 2 is 1.60 bits per heavy atom. The summed E-state index contributed by atoms with van der Waals surface area (Å²) in [5.41, 5.74) is 1.41. The number of nitrogens with zero attached hydrogens (tertiary/aromatic N) is 3. The maximum Gasteiger partial charge on any atom is 0.228 e. The molecule has 1 heterocycles. The highest BCUT2D eigenvalue weighted by Crippen LogP contribution is 2.34. The van der Waals surface area contributed by atoms with Crippen molar-refractivity contribution in [3.8, 4) is 11.1 Å². The Morgan fingerprint density at radius 3 is 2.10 bits per heavy atom. The van der Waals surface area contributed by atoms with Gasteiger partial charge in [0.05, 0.1) is 5.56 Å². The number of rotatable bonds is 4. The number of hydrogen-bond donors (Lipinski definition) is 0. The van der Waals surface area contributed by atoms with E-state index in [0.717, 1.165) is 18.7 Å². The zero-order chi connectivity index (χ0) is 14.7. The maximum absolute atomic E-state index is 6.27. The third-order valence-corrected chi connectivity index (χ3v) is 3.75. The van der Waals surface area contributed by atoms with Crippen molar-refractivity contribution in [2.24, 2.45) is 0 Å². The van der Waals surface area contributed by atoms with Gasteiger partial charge in [0, 0.05) is 18.1 Å². The molecule has 0 aliphatic rings. The average molecular weight is 331 g/mol. The molecule has 0 N–H and O–H groups in total. The van der Waals surface area contributed by atoms with E-state index >= 15 is 0 Å². The van der Waals surface area contributed by atoms with Crippen LogP contribution >= 0.6 is 34.8 Å². The summed E-state index contributed by atoms with van der Waals surface area (Å²) in [5.74, 6) is 0.538. The molecule has 0 radical (unpaired) electrons. The lowest BCUT2D eigenvalue weighted by atomic mass is 10.1. The zero-order valence-corrected chi connectivity index (χ0v) is 13.5. The van der Waals surface area contributed by atoms with Gasteiger partial charge in [-0.1, -0.05) is 46.9 Å². The van der Waals surface area contributed by atoms with E-state index < -0.39 is 0 Å². The molecule has 1 aromatic carbocycles. The third kappa shape index (κ3) is 3.17. The topological polar surface area (TPSA) is 29.0 Å². The fourth-order valence-corrected chi connectivity index (χ4v) is 2.71. The van der Waals surface area contributed by atoms with Crippen LogP contribution in [0.15, 0.2) is 24.3 Å². The maximum atomic E-state index is 6.27. The summed E-state index contributed by atoms with van der Waals surface area (Å²) in [7, 11) is 0. The number of hydrogen-bond acceptors (Lipinski definition) is 3. The molecule has 0 atom stereocenters. The van der Waals surface area contributed by atoms with E-state index in [4.69, 9.17) is 34.8 Å². The molecule has 0 aliphatic carbocycles. The van der Waals surface area contributed by atoms with Gasteiger partial charge in [0.25, 0.3) is 0 Å². The number of halogens is 3. The van der Waals surface area contributed by atoms with Gasteiger partial charge in [0.1, 0.15) is 10.3 Å². The molecular weight excluding hydrogens is 317 g/mol. The van der Waals surface area contributed by atoms with Crippen LogP contribution in [0.4, 0.5) is 5.95 Å². The van der Waals surface area contributed by atoms with Crippen LogP contribution in [0.25, 0.3) is 11.1 Å². The lowest BCUT2D eigenvalue weighted by Crippen LogP contribution is -2.24. The van der Waals surface area contributed by atoms with Crippen LogP contribution in [0.5, 0.6) is 0 Å². The Kier molecular flexibility index (Phi) is 5.08. The van der Waals surface area contributed by atoms with Crippen LogP contribution in [0.2, 0.25) is 15.3 Å². The van der Waals surface area contributed by atoms with E-state index in [-0.39, 0.29) is 0 Å². The normalized spacial score (nSPS) is 10.7. The van der Waals surface area contributed by atoms with Crippen LogP contribution in [0, 0.1) is 0 Å². The van der Waals surface area contributed by atoms with Crippen molar-refractivity contribution < 1.29 is 0 Å². The van der Waals surface area contributed by atoms with Crippen LogP contribution in [0.1, 0.15) is 13.8 Å². The molecule has 2 aromatic rings. The summed E-state index contributed by atoms with van der Waals surface area (Å²) >= 11 is 18.5. The highest BCUT2D eigenvalue weighted by Gasteiger charge is 2.16. The summed E-state index contributed by atoms with van der Waals surface area (Å²) in [4.78, 5) is 10.7. The standard InChI is InChI=1S/C14H14Cl3N3/c1-3-20(4-2)14-18-12(16)11(13(17)19-14)9-6-5-7-10(15)8-9/h5-8H,3-4H2,1-2H3. The van der Waals surface area contributed by atoms with Gasteiger partial charge in [-0.15, -0.1) is 0 Å². The van der Waals surface area contributed by atoms with Gasteiger partial charge < -0.3 is 4.90 Å². The summed E-state index contributed by atoms with van der Waals surface area (Å²) in [6, 6.07) is 7.29. The van der Waals surface area contributed by atoms with Gasteiger partial charge in [-0.05, 0) is 31.5 Å². The summed E-state index contributed by atoms with van der Waals surface area (Å²) < 4.78 is 0. The van der Waals surface area contributed by atoms with Crippen molar-refractivity contribution in [2.45, 2.75) is 13.8 Å². The van der Waals surface area contributed by atoms with E-state index in [9.17, 15) is 0 Å². The second-order valence-electron chi connectivity index (χ2n) is 4.16. The Hall–Kier alpha value is -1.03. The van der Waals surface area contributed by atoms with Crippen molar-refractivity contribution in [3.05, 3.63) is 39.6 Å². The van der Waals surface area contributed by atoms with Crippen molar-refractivity contribution in [1.29, 1.82) is 0 Å². The lowest BCUT2D eigenvalue weighted by Gasteiger charge is -2.19. The molecule has 0 aliphatic heterocycles. The van der Waals surface area contributed by atoms with Gasteiger partial charge >= 0.3 is 0 Å². The fourth-order valence-electron chi connectivity index (χ4n) is 1.93. The molecule has 0 bridgehead atoms. The molecule has 6 heteroatoms. The largest absolute Gasteiger partial charge is 0.341 e. The monoisotopic (exact) mass is 329 g/mol. The SMILES string of the molecule is CCN(CC)c1nc(Cl)c(-c2cccc(Cl)c2)c(Cl)n1. The van der Waals surface area contributed by atoms with Crippen LogP contribution in [-0.2, 0) is 0 Å². The summed E-state index contributed by atoms with van der Waals surface area (Å²) in [6.07, 6.45) is 0. The van der Waals surface area contributed by atoms with Crippen LogP contribution in [-0.4, -0.2) is 23.1 Å². The Labute approximate surface area is 133 Å². The smallest absolute Gasteiger partial charge is 0.228 e. The second-order valence-corrected chi connectivity index (χ2v) is 5.32. The molecule has 0 unspecified atom stereocenters. The molecule has 1 aromatic heterocycles. The fraction of sp³-hybridized carbons (Fsp3) is 0.286. The minimum atomic E-state index is 0.328.